The van der Waals surface area contributed by atoms with Crippen LogP contribution in [0, 0.1) is 0 Å². The third-order valence-electron chi connectivity index (χ3n) is 5.93. The maximum Gasteiger partial charge on any atom is 0.337 e. The molecule has 0 saturated carbocycles. The number of aryl methyl sites for hydroxylation is 2. The Kier molecular flexibility index (Phi) is 7.00. The van der Waals surface area contributed by atoms with Gasteiger partial charge in [-0.15, -0.1) is 0 Å². The summed E-state index contributed by atoms with van der Waals surface area (Å²) < 4.78 is 0. The normalized spacial score (nSPS) is 16.5. The highest BCUT2D eigenvalue weighted by Crippen LogP contribution is 2.33. The summed E-state index contributed by atoms with van der Waals surface area (Å²) in [6.07, 6.45) is 4.58. The highest BCUT2D eigenvalue weighted by Gasteiger charge is 2.28. The molecule has 5 heteroatoms. The van der Waals surface area contributed by atoms with E-state index in [1.807, 2.05) is 42.5 Å². The average molecular weight is 435 g/mol. The molecular formula is C26H27ClN2O2. The number of hydrogen-bond acceptors (Lipinski definition) is 3. The Morgan fingerprint density at radius 3 is 2.61 bits per heavy atom. The predicted octanol–water partition coefficient (Wildman–Crippen LogP) is 5.95. The molecule has 1 aromatic heterocycles. The first-order valence-corrected chi connectivity index (χ1v) is 11.2. The Bertz CT molecular complexity index is 1040. The quantitative estimate of drug-likeness (QED) is 0.476. The second-order valence-corrected chi connectivity index (χ2v) is 8.57. The van der Waals surface area contributed by atoms with Gasteiger partial charge < -0.3 is 5.11 Å². The number of rotatable bonds is 8. The molecule has 0 amide bonds. The summed E-state index contributed by atoms with van der Waals surface area (Å²) in [5.41, 5.74) is 4.43. The third-order valence-corrected chi connectivity index (χ3v) is 6.16. The molecule has 0 bridgehead atoms. The highest BCUT2D eigenvalue weighted by molar-refractivity contribution is 6.30. The predicted molar refractivity (Wildman–Crippen MR) is 124 cm³/mol. The molecule has 31 heavy (non-hydrogen) atoms. The zero-order chi connectivity index (χ0) is 21.6. The lowest BCUT2D eigenvalue weighted by Gasteiger charge is -2.25. The van der Waals surface area contributed by atoms with Crippen LogP contribution in [0.1, 0.15) is 58.2 Å². The van der Waals surface area contributed by atoms with Crippen molar-refractivity contribution < 1.29 is 9.90 Å². The van der Waals surface area contributed by atoms with E-state index in [4.69, 9.17) is 16.6 Å². The van der Waals surface area contributed by atoms with Crippen LogP contribution in [-0.4, -0.2) is 27.5 Å². The minimum atomic E-state index is -0.907. The zero-order valence-electron chi connectivity index (χ0n) is 17.5. The molecule has 1 saturated heterocycles. The summed E-state index contributed by atoms with van der Waals surface area (Å²) in [4.78, 5) is 19.0. The second kappa shape index (κ2) is 10.1. The number of carbonyl (C=O) groups is 1. The van der Waals surface area contributed by atoms with Gasteiger partial charge in [-0.1, -0.05) is 54.1 Å². The van der Waals surface area contributed by atoms with E-state index in [1.165, 1.54) is 11.1 Å². The zero-order valence-corrected chi connectivity index (χ0v) is 18.3. The number of aromatic carboxylic acids is 1. The van der Waals surface area contributed by atoms with Crippen LogP contribution in [0.25, 0.3) is 0 Å². The molecule has 2 heterocycles. The Labute approximate surface area is 188 Å². The van der Waals surface area contributed by atoms with Crippen LogP contribution in [0.4, 0.5) is 0 Å². The van der Waals surface area contributed by atoms with Gasteiger partial charge >= 0.3 is 5.97 Å². The van der Waals surface area contributed by atoms with Gasteiger partial charge in [-0.25, -0.2) is 4.79 Å². The number of pyridine rings is 1. The van der Waals surface area contributed by atoms with Crippen molar-refractivity contribution in [3.8, 4) is 0 Å². The molecule has 1 atom stereocenters. The summed E-state index contributed by atoms with van der Waals surface area (Å²) in [6, 6.07) is 22.1. The minimum absolute atomic E-state index is 0.203. The molecule has 160 valence electrons. The monoisotopic (exact) mass is 434 g/mol. The van der Waals surface area contributed by atoms with Crippen molar-refractivity contribution in [2.45, 2.75) is 44.7 Å². The molecule has 1 aliphatic heterocycles. The lowest BCUT2D eigenvalue weighted by molar-refractivity contribution is 0.0695. The average Bonchev–Trinajstić information content (AvgIpc) is 3.22. The summed E-state index contributed by atoms with van der Waals surface area (Å²) >= 11 is 6.16. The second-order valence-electron chi connectivity index (χ2n) is 8.13. The number of likely N-dealkylation sites (tertiary alicyclic amines) is 1. The molecule has 1 N–H and O–H groups in total. The van der Waals surface area contributed by atoms with E-state index < -0.39 is 5.97 Å². The van der Waals surface area contributed by atoms with Crippen molar-refractivity contribution >= 4 is 17.6 Å². The summed E-state index contributed by atoms with van der Waals surface area (Å²) in [7, 11) is 0. The Balaban J connectivity index is 1.50. The van der Waals surface area contributed by atoms with E-state index in [9.17, 15) is 9.90 Å². The molecule has 3 aromatic rings. The first kappa shape index (κ1) is 21.5. The first-order chi connectivity index (χ1) is 15.1. The molecule has 4 nitrogen and oxygen atoms in total. The lowest BCUT2D eigenvalue weighted by atomic mass is 10.0. The van der Waals surface area contributed by atoms with Crippen LogP contribution < -0.4 is 0 Å². The smallest absolute Gasteiger partial charge is 0.337 e. The maximum atomic E-state index is 11.8. The Morgan fingerprint density at radius 2 is 1.84 bits per heavy atom. The van der Waals surface area contributed by atoms with E-state index in [0.29, 0.717) is 17.7 Å². The van der Waals surface area contributed by atoms with Crippen LogP contribution in [-0.2, 0) is 19.4 Å². The van der Waals surface area contributed by atoms with Crippen LogP contribution >= 0.6 is 11.6 Å². The lowest BCUT2D eigenvalue weighted by Crippen LogP contribution is -2.24. The molecule has 1 aliphatic rings. The highest BCUT2D eigenvalue weighted by atomic mass is 35.5. The Hall–Kier alpha value is -2.69. The van der Waals surface area contributed by atoms with Gasteiger partial charge in [-0.3, -0.25) is 9.88 Å². The van der Waals surface area contributed by atoms with Gasteiger partial charge in [0, 0.05) is 11.6 Å². The molecule has 0 radical (unpaired) electrons. The maximum absolute atomic E-state index is 11.8. The summed E-state index contributed by atoms with van der Waals surface area (Å²) in [5.74, 6) is -0.907. The largest absolute Gasteiger partial charge is 0.478 e. The number of halogens is 1. The molecule has 0 unspecified atom stereocenters. The van der Waals surface area contributed by atoms with Crippen LogP contribution in [0.3, 0.4) is 0 Å². The van der Waals surface area contributed by atoms with E-state index in [1.54, 1.807) is 6.07 Å². The molecule has 1 fully saturated rings. The van der Waals surface area contributed by atoms with Crippen LogP contribution in [0.2, 0.25) is 5.02 Å². The standard InChI is InChI=1S/C26H27ClN2O2/c27-21-11-4-10-20(17-21)18-29-16-6-13-25(29)24-15-14-22(26(30)31)23(28-24)12-5-9-19-7-2-1-3-8-19/h1-4,7-8,10-11,14-15,17,25H,5-6,9,12-13,16,18H2,(H,30,31)/t25-/m1/s1. The molecule has 0 spiro atoms. The van der Waals surface area contributed by atoms with Crippen molar-refractivity contribution in [3.05, 3.63) is 99.8 Å². The van der Waals surface area contributed by atoms with Gasteiger partial charge in [0.15, 0.2) is 0 Å². The minimum Gasteiger partial charge on any atom is -0.478 e. The molecule has 0 aliphatic carbocycles. The summed E-state index contributed by atoms with van der Waals surface area (Å²) in [5, 5.41) is 10.4. The first-order valence-electron chi connectivity index (χ1n) is 10.9. The van der Waals surface area contributed by atoms with Gasteiger partial charge in [0.25, 0.3) is 0 Å². The topological polar surface area (TPSA) is 53.4 Å². The van der Waals surface area contributed by atoms with E-state index in [2.05, 4.69) is 23.1 Å². The van der Waals surface area contributed by atoms with Crippen molar-refractivity contribution in [3.63, 3.8) is 0 Å². The third kappa shape index (κ3) is 5.52. The number of carboxylic acid groups (broad SMARTS) is 1. The van der Waals surface area contributed by atoms with Crippen molar-refractivity contribution in [1.29, 1.82) is 0 Å². The van der Waals surface area contributed by atoms with Crippen molar-refractivity contribution in [2.75, 3.05) is 6.54 Å². The van der Waals surface area contributed by atoms with Gasteiger partial charge in [0.1, 0.15) is 0 Å². The van der Waals surface area contributed by atoms with Crippen LogP contribution in [0.15, 0.2) is 66.7 Å². The van der Waals surface area contributed by atoms with E-state index in [0.717, 1.165) is 49.5 Å². The van der Waals surface area contributed by atoms with Gasteiger partial charge in [0.2, 0.25) is 0 Å². The SMILES string of the molecule is O=C(O)c1ccc([C@H]2CCCN2Cc2cccc(Cl)c2)nc1CCCc1ccccc1. The fraction of sp³-hybridized carbons (Fsp3) is 0.308. The van der Waals surface area contributed by atoms with Gasteiger partial charge in [0.05, 0.1) is 23.0 Å². The van der Waals surface area contributed by atoms with Crippen molar-refractivity contribution in [1.82, 2.24) is 9.88 Å². The van der Waals surface area contributed by atoms with Crippen LogP contribution in [0.5, 0.6) is 0 Å². The number of aromatic nitrogens is 1. The number of nitrogens with zero attached hydrogens (tertiary/aromatic N) is 2. The summed E-state index contributed by atoms with van der Waals surface area (Å²) in [6.45, 7) is 1.82. The number of benzene rings is 2. The molecule has 2 aromatic carbocycles. The van der Waals surface area contributed by atoms with Crippen molar-refractivity contribution in [2.24, 2.45) is 0 Å². The van der Waals surface area contributed by atoms with E-state index in [-0.39, 0.29) is 6.04 Å². The Morgan fingerprint density at radius 1 is 1.03 bits per heavy atom. The van der Waals surface area contributed by atoms with Gasteiger partial charge in [-0.05, 0) is 74.0 Å². The number of carboxylic acids is 1. The molecule has 4 rings (SSSR count). The molecular weight excluding hydrogens is 408 g/mol. The fourth-order valence-corrected chi connectivity index (χ4v) is 4.63. The fourth-order valence-electron chi connectivity index (χ4n) is 4.41. The van der Waals surface area contributed by atoms with Gasteiger partial charge in [-0.2, -0.15) is 0 Å². The number of hydrogen-bond donors (Lipinski definition) is 1. The van der Waals surface area contributed by atoms with E-state index >= 15 is 0 Å².